The first-order valence-electron chi connectivity index (χ1n) is 9.84. The summed E-state index contributed by atoms with van der Waals surface area (Å²) >= 11 is 1.59. The number of methoxy groups -OCH3 is 1. The van der Waals surface area contributed by atoms with Crippen LogP contribution in [0.1, 0.15) is 6.42 Å². The van der Waals surface area contributed by atoms with Crippen LogP contribution >= 0.6 is 11.8 Å². The molecule has 160 valence electrons. The highest BCUT2D eigenvalue weighted by Gasteiger charge is 2.15. The van der Waals surface area contributed by atoms with Crippen LogP contribution in [0.25, 0.3) is 0 Å². The van der Waals surface area contributed by atoms with Crippen LogP contribution < -0.4 is 20.7 Å². The number of benzene rings is 3. The van der Waals surface area contributed by atoms with Crippen LogP contribution in [-0.4, -0.2) is 32.0 Å². The molecule has 0 heterocycles. The standard InChI is InChI=1S/C24H25N3O3S/c1-30-19-13-11-18(12-14-19)27(16-15-23(25)28)17-24(29)26-21-9-5-6-10-22(21)31-20-7-3-2-4-8-20/h2-14H,15-17H2,1H3,(H2,25,28)(H,26,29). The fraction of sp³-hybridized carbons (Fsp3) is 0.167. The van der Waals surface area contributed by atoms with E-state index in [2.05, 4.69) is 5.32 Å². The number of para-hydroxylation sites is 1. The van der Waals surface area contributed by atoms with Crippen LogP contribution in [0, 0.1) is 0 Å². The van der Waals surface area contributed by atoms with Gasteiger partial charge >= 0.3 is 0 Å². The Morgan fingerprint density at radius 3 is 2.32 bits per heavy atom. The summed E-state index contributed by atoms with van der Waals surface area (Å²) in [6.07, 6.45) is 0.153. The summed E-state index contributed by atoms with van der Waals surface area (Å²) in [5.41, 5.74) is 6.87. The molecular weight excluding hydrogens is 410 g/mol. The predicted octanol–water partition coefficient (Wildman–Crippen LogP) is 4.17. The number of hydrogen-bond donors (Lipinski definition) is 2. The topological polar surface area (TPSA) is 84.7 Å². The Kier molecular flexibility index (Phi) is 7.95. The third kappa shape index (κ3) is 6.79. The lowest BCUT2D eigenvalue weighted by Gasteiger charge is -2.24. The number of rotatable bonds is 10. The van der Waals surface area contributed by atoms with Gasteiger partial charge in [-0.05, 0) is 48.5 Å². The first kappa shape index (κ1) is 22.2. The smallest absolute Gasteiger partial charge is 0.243 e. The maximum Gasteiger partial charge on any atom is 0.243 e. The molecule has 2 amide bonds. The van der Waals surface area contributed by atoms with Gasteiger partial charge < -0.3 is 20.7 Å². The predicted molar refractivity (Wildman–Crippen MR) is 125 cm³/mol. The number of anilines is 2. The van der Waals surface area contributed by atoms with Crippen molar-refractivity contribution in [1.29, 1.82) is 0 Å². The second-order valence-electron chi connectivity index (χ2n) is 6.80. The Labute approximate surface area is 186 Å². The van der Waals surface area contributed by atoms with Crippen molar-refractivity contribution >= 4 is 35.0 Å². The van der Waals surface area contributed by atoms with Gasteiger partial charge in [0.15, 0.2) is 0 Å². The monoisotopic (exact) mass is 435 g/mol. The molecule has 7 heteroatoms. The third-order valence-electron chi connectivity index (χ3n) is 4.53. The lowest BCUT2D eigenvalue weighted by molar-refractivity contribution is -0.118. The lowest BCUT2D eigenvalue weighted by atomic mass is 10.2. The van der Waals surface area contributed by atoms with Crippen LogP contribution in [-0.2, 0) is 9.59 Å². The summed E-state index contributed by atoms with van der Waals surface area (Å²) in [6, 6.07) is 25.0. The number of nitrogens with zero attached hydrogens (tertiary/aromatic N) is 1. The molecule has 3 aromatic carbocycles. The van der Waals surface area contributed by atoms with E-state index in [9.17, 15) is 9.59 Å². The SMILES string of the molecule is COc1ccc(N(CCC(N)=O)CC(=O)Nc2ccccc2Sc2ccccc2)cc1. The summed E-state index contributed by atoms with van der Waals surface area (Å²) in [7, 11) is 1.60. The number of carbonyl (C=O) groups is 2. The van der Waals surface area contributed by atoms with E-state index in [1.807, 2.05) is 83.8 Å². The van der Waals surface area contributed by atoms with E-state index < -0.39 is 5.91 Å². The molecule has 0 saturated heterocycles. The molecule has 3 aromatic rings. The molecule has 0 spiro atoms. The molecule has 0 unspecified atom stereocenters. The molecule has 3 N–H and O–H groups in total. The largest absolute Gasteiger partial charge is 0.497 e. The first-order valence-corrected chi connectivity index (χ1v) is 10.7. The van der Waals surface area contributed by atoms with Gasteiger partial charge in [-0.3, -0.25) is 9.59 Å². The van der Waals surface area contributed by atoms with Gasteiger partial charge in [-0.1, -0.05) is 42.1 Å². The van der Waals surface area contributed by atoms with E-state index in [4.69, 9.17) is 10.5 Å². The van der Waals surface area contributed by atoms with Crippen LogP contribution in [0.4, 0.5) is 11.4 Å². The molecule has 31 heavy (non-hydrogen) atoms. The number of nitrogens with two attached hydrogens (primary N) is 1. The Morgan fingerprint density at radius 1 is 0.968 bits per heavy atom. The van der Waals surface area contributed by atoms with E-state index in [0.29, 0.717) is 6.54 Å². The quantitative estimate of drug-likeness (QED) is 0.499. The van der Waals surface area contributed by atoms with E-state index >= 15 is 0 Å². The maximum absolute atomic E-state index is 12.9. The van der Waals surface area contributed by atoms with Gasteiger partial charge in [0.25, 0.3) is 0 Å². The van der Waals surface area contributed by atoms with Crippen molar-refractivity contribution in [2.75, 3.05) is 30.4 Å². The third-order valence-corrected chi connectivity index (χ3v) is 5.62. The van der Waals surface area contributed by atoms with E-state index in [1.54, 1.807) is 18.9 Å². The zero-order chi connectivity index (χ0) is 22.1. The molecule has 6 nitrogen and oxygen atoms in total. The highest BCUT2D eigenvalue weighted by molar-refractivity contribution is 7.99. The number of primary amides is 1. The van der Waals surface area contributed by atoms with Gasteiger partial charge in [-0.25, -0.2) is 0 Å². The molecule has 0 bridgehead atoms. The average molecular weight is 436 g/mol. The normalized spacial score (nSPS) is 10.4. The summed E-state index contributed by atoms with van der Waals surface area (Å²) in [4.78, 5) is 28.0. The maximum atomic E-state index is 12.9. The molecule has 0 aliphatic heterocycles. The molecule has 0 aromatic heterocycles. The Morgan fingerprint density at radius 2 is 1.65 bits per heavy atom. The molecular formula is C24H25N3O3S. The minimum atomic E-state index is -0.413. The summed E-state index contributed by atoms with van der Waals surface area (Å²) in [5.74, 6) is 0.125. The fourth-order valence-corrected chi connectivity index (χ4v) is 3.90. The molecule has 0 aliphatic rings. The Balaban J connectivity index is 1.72. The first-order chi connectivity index (χ1) is 15.0. The van der Waals surface area contributed by atoms with E-state index in [0.717, 1.165) is 26.9 Å². The molecule has 0 aliphatic carbocycles. The number of hydrogen-bond acceptors (Lipinski definition) is 5. The van der Waals surface area contributed by atoms with Crippen LogP contribution in [0.15, 0.2) is 88.7 Å². The highest BCUT2D eigenvalue weighted by atomic mass is 32.2. The van der Waals surface area contributed by atoms with Crippen molar-refractivity contribution < 1.29 is 14.3 Å². The van der Waals surface area contributed by atoms with Crippen molar-refractivity contribution in [2.45, 2.75) is 16.2 Å². The molecule has 3 rings (SSSR count). The summed E-state index contributed by atoms with van der Waals surface area (Å²) in [6.45, 7) is 0.430. The highest BCUT2D eigenvalue weighted by Crippen LogP contribution is 2.33. The van der Waals surface area contributed by atoms with Gasteiger partial charge in [-0.2, -0.15) is 0 Å². The van der Waals surface area contributed by atoms with Gasteiger partial charge in [0.1, 0.15) is 5.75 Å². The van der Waals surface area contributed by atoms with Crippen molar-refractivity contribution in [1.82, 2.24) is 0 Å². The minimum Gasteiger partial charge on any atom is -0.497 e. The summed E-state index contributed by atoms with van der Waals surface area (Å²) in [5, 5.41) is 3.00. The Hall–Kier alpha value is -3.45. The van der Waals surface area contributed by atoms with E-state index in [1.165, 1.54) is 0 Å². The van der Waals surface area contributed by atoms with Crippen molar-refractivity contribution in [3.63, 3.8) is 0 Å². The molecule has 0 fully saturated rings. The zero-order valence-electron chi connectivity index (χ0n) is 17.3. The van der Waals surface area contributed by atoms with E-state index in [-0.39, 0.29) is 18.9 Å². The molecule has 0 atom stereocenters. The van der Waals surface area contributed by atoms with Crippen LogP contribution in [0.3, 0.4) is 0 Å². The van der Waals surface area contributed by atoms with Crippen molar-refractivity contribution in [2.24, 2.45) is 5.73 Å². The van der Waals surface area contributed by atoms with Gasteiger partial charge in [0, 0.05) is 28.4 Å². The Bertz CT molecular complexity index is 1010. The van der Waals surface area contributed by atoms with Gasteiger partial charge in [-0.15, -0.1) is 0 Å². The van der Waals surface area contributed by atoms with Crippen LogP contribution in [0.5, 0.6) is 5.75 Å². The van der Waals surface area contributed by atoms with Crippen molar-refractivity contribution in [3.05, 3.63) is 78.9 Å². The fourth-order valence-electron chi connectivity index (χ4n) is 2.98. The lowest BCUT2D eigenvalue weighted by Crippen LogP contribution is -2.35. The number of nitrogens with one attached hydrogen (secondary N) is 1. The van der Waals surface area contributed by atoms with Crippen LogP contribution in [0.2, 0.25) is 0 Å². The second kappa shape index (κ2) is 11.1. The molecule has 0 saturated carbocycles. The summed E-state index contributed by atoms with van der Waals surface area (Å²) < 4.78 is 5.19. The molecule has 0 radical (unpaired) electrons. The second-order valence-corrected chi connectivity index (χ2v) is 7.91. The number of amides is 2. The van der Waals surface area contributed by atoms with Crippen molar-refractivity contribution in [3.8, 4) is 5.75 Å². The average Bonchev–Trinajstić information content (AvgIpc) is 2.78. The zero-order valence-corrected chi connectivity index (χ0v) is 18.1. The van der Waals surface area contributed by atoms with Gasteiger partial charge in [0.2, 0.25) is 11.8 Å². The number of carbonyl (C=O) groups excluding carboxylic acids is 2. The number of ether oxygens (including phenoxy) is 1. The van der Waals surface area contributed by atoms with Gasteiger partial charge in [0.05, 0.1) is 19.3 Å². The minimum absolute atomic E-state index is 0.0872.